The Morgan fingerprint density at radius 3 is 2.42 bits per heavy atom. The molecule has 0 saturated heterocycles. The third kappa shape index (κ3) is 4.42. The van der Waals surface area contributed by atoms with Crippen molar-refractivity contribution in [1.82, 2.24) is 4.90 Å². The Balaban J connectivity index is 3.98. The second kappa shape index (κ2) is 6.86. The summed E-state index contributed by atoms with van der Waals surface area (Å²) in [7, 11) is 4.38. The minimum absolute atomic E-state index is 0.714. The van der Waals surface area contributed by atoms with Gasteiger partial charge in [-0.25, -0.2) is 0 Å². The topological polar surface area (TPSA) is 3.24 Å². The molecule has 0 aromatic carbocycles. The van der Waals surface area contributed by atoms with Gasteiger partial charge >= 0.3 is 83.3 Å². The first-order valence-corrected chi connectivity index (χ1v) is 9.50. The van der Waals surface area contributed by atoms with Crippen LogP contribution in [0.3, 0.4) is 0 Å². The van der Waals surface area contributed by atoms with E-state index in [0.29, 0.717) is 0 Å². The van der Waals surface area contributed by atoms with E-state index in [0.717, 1.165) is 4.43 Å². The van der Waals surface area contributed by atoms with Gasteiger partial charge in [-0.2, -0.15) is 0 Å². The van der Waals surface area contributed by atoms with Gasteiger partial charge in [-0.05, 0) is 0 Å². The van der Waals surface area contributed by atoms with Crippen molar-refractivity contribution in [3.63, 3.8) is 0 Å². The molecule has 0 N–H and O–H groups in total. The number of rotatable bonds is 6. The Bertz CT molecular complexity index is 123. The predicted octanol–water partition coefficient (Wildman–Crippen LogP) is 2.94. The third-order valence-corrected chi connectivity index (χ3v) is 8.86. The Hall–Kier alpha value is 0.388. The van der Waals surface area contributed by atoms with E-state index < -0.39 is 17.3 Å². The number of hydrogen-bond donors (Lipinski definition) is 0. The summed E-state index contributed by atoms with van der Waals surface area (Å²) in [5, 5.41) is 2.49. The van der Waals surface area contributed by atoms with Crippen LogP contribution < -0.4 is 0 Å². The molecule has 12 heavy (non-hydrogen) atoms. The van der Waals surface area contributed by atoms with Gasteiger partial charge in [0.1, 0.15) is 0 Å². The van der Waals surface area contributed by atoms with E-state index in [1.165, 1.54) is 17.7 Å². The molecular formula is C10H22NPt. The van der Waals surface area contributed by atoms with Gasteiger partial charge < -0.3 is 0 Å². The maximum absolute atomic E-state index is 3.82. The van der Waals surface area contributed by atoms with Crippen molar-refractivity contribution in [3.8, 4) is 0 Å². The van der Waals surface area contributed by atoms with Crippen molar-refractivity contribution in [1.29, 1.82) is 0 Å². The van der Waals surface area contributed by atoms with Crippen molar-refractivity contribution < 1.29 is 17.3 Å². The van der Waals surface area contributed by atoms with E-state index in [9.17, 15) is 0 Å². The van der Waals surface area contributed by atoms with Gasteiger partial charge in [0.25, 0.3) is 0 Å². The van der Waals surface area contributed by atoms with Crippen LogP contribution in [0.15, 0.2) is 12.7 Å². The van der Waals surface area contributed by atoms with Gasteiger partial charge in [0, 0.05) is 0 Å². The number of nitrogens with zero attached hydrogens (tertiary/aromatic N) is 1. The first-order valence-electron chi connectivity index (χ1n) is 4.31. The molecule has 2 heteroatoms. The molecule has 0 rings (SSSR count). The molecule has 0 spiro atoms. The van der Waals surface area contributed by atoms with Crippen LogP contribution in [0.5, 0.6) is 0 Å². The molecule has 77 valence electrons. The summed E-state index contributed by atoms with van der Waals surface area (Å²) in [5.41, 5.74) is 0. The molecule has 0 bridgehead atoms. The van der Waals surface area contributed by atoms with Crippen LogP contribution in [-0.2, 0) is 17.3 Å². The monoisotopic (exact) mass is 351 g/mol. The van der Waals surface area contributed by atoms with E-state index in [4.69, 9.17) is 0 Å². The van der Waals surface area contributed by atoms with Crippen LogP contribution in [0.25, 0.3) is 0 Å². The summed E-state index contributed by atoms with van der Waals surface area (Å²) in [6, 6.07) is 0. The van der Waals surface area contributed by atoms with Crippen LogP contribution in [0.4, 0.5) is 0 Å². The zero-order valence-electron chi connectivity index (χ0n) is 8.75. The summed E-state index contributed by atoms with van der Waals surface area (Å²) < 4.78 is 0.826. The summed E-state index contributed by atoms with van der Waals surface area (Å²) >= 11 is -0.714. The maximum atomic E-state index is 3.82. The fourth-order valence-electron chi connectivity index (χ4n) is 1.10. The van der Waals surface area contributed by atoms with Gasteiger partial charge in [-0.3, -0.25) is 0 Å². The molecule has 1 atom stereocenters. The van der Waals surface area contributed by atoms with Crippen molar-refractivity contribution in [2.75, 3.05) is 14.1 Å². The van der Waals surface area contributed by atoms with Gasteiger partial charge in [0.2, 0.25) is 0 Å². The Morgan fingerprint density at radius 2 is 2.08 bits per heavy atom. The van der Waals surface area contributed by atoms with Crippen LogP contribution in [0.2, 0.25) is 10.1 Å². The SMILES string of the molecule is C=CC[CH](N(C)C)[Pt]([CH3])[CH2]CC. The summed E-state index contributed by atoms with van der Waals surface area (Å²) in [6.45, 7) is 6.11. The van der Waals surface area contributed by atoms with Gasteiger partial charge in [0.15, 0.2) is 0 Å². The average molecular weight is 351 g/mol. The van der Waals surface area contributed by atoms with E-state index in [-0.39, 0.29) is 0 Å². The third-order valence-electron chi connectivity index (χ3n) is 1.64. The molecule has 0 aromatic heterocycles. The minimum atomic E-state index is -0.714. The van der Waals surface area contributed by atoms with Gasteiger partial charge in [0.05, 0.1) is 0 Å². The predicted molar refractivity (Wildman–Crippen MR) is 53.3 cm³/mol. The van der Waals surface area contributed by atoms with Gasteiger partial charge in [-0.15, -0.1) is 0 Å². The second-order valence-electron chi connectivity index (χ2n) is 3.07. The van der Waals surface area contributed by atoms with E-state index in [1.54, 1.807) is 0 Å². The molecule has 0 heterocycles. The molecule has 0 aliphatic rings. The molecular weight excluding hydrogens is 329 g/mol. The van der Waals surface area contributed by atoms with Crippen molar-refractivity contribution in [2.24, 2.45) is 0 Å². The van der Waals surface area contributed by atoms with Crippen molar-refractivity contribution >= 4 is 0 Å². The van der Waals surface area contributed by atoms with Crippen LogP contribution in [0.1, 0.15) is 19.8 Å². The van der Waals surface area contributed by atoms with E-state index >= 15 is 0 Å². The van der Waals surface area contributed by atoms with E-state index in [1.807, 2.05) is 0 Å². The Kier molecular flexibility index (Phi) is 7.08. The van der Waals surface area contributed by atoms with Crippen LogP contribution in [0, 0.1) is 0 Å². The van der Waals surface area contributed by atoms with Gasteiger partial charge in [-0.1, -0.05) is 0 Å². The number of hydrogen-bond acceptors (Lipinski definition) is 1. The molecule has 1 nitrogen and oxygen atoms in total. The summed E-state index contributed by atoms with van der Waals surface area (Å²) in [4.78, 5) is 3.85. The molecule has 0 saturated carbocycles. The molecule has 0 aliphatic heterocycles. The fourth-order valence-corrected chi connectivity index (χ4v) is 6.94. The summed E-state index contributed by atoms with van der Waals surface area (Å²) in [6.07, 6.45) is 4.59. The fraction of sp³-hybridized carbons (Fsp3) is 0.800. The molecule has 0 amide bonds. The Labute approximate surface area is 83.4 Å². The second-order valence-corrected chi connectivity index (χ2v) is 9.57. The standard InChI is InChI=1S/C6H12N.C3H7.CH3.Pt/c1-4-5-6-7(2)3;1-3-2;;/h4,6H,1,5H2,2-3H3;1,3H2,2H3;1H3;. The van der Waals surface area contributed by atoms with E-state index in [2.05, 4.69) is 43.9 Å². The molecule has 1 unspecified atom stereocenters. The molecule has 0 fully saturated rings. The van der Waals surface area contributed by atoms with Crippen molar-refractivity contribution in [2.45, 2.75) is 34.3 Å². The average Bonchev–Trinajstić information content (AvgIpc) is 1.99. The zero-order chi connectivity index (χ0) is 9.56. The first-order chi connectivity index (χ1) is 5.63. The summed E-state index contributed by atoms with van der Waals surface area (Å²) in [5.74, 6) is 0. The quantitative estimate of drug-likeness (QED) is 0.665. The Morgan fingerprint density at radius 1 is 1.50 bits per heavy atom. The normalized spacial score (nSPS) is 14.6. The first kappa shape index (κ1) is 12.4. The van der Waals surface area contributed by atoms with Crippen LogP contribution in [-0.4, -0.2) is 23.4 Å². The zero-order valence-corrected chi connectivity index (χ0v) is 11.0. The van der Waals surface area contributed by atoms with Crippen LogP contribution >= 0.6 is 0 Å². The molecule has 0 aliphatic carbocycles. The molecule has 0 aromatic rings. The molecule has 0 radical (unpaired) electrons. The van der Waals surface area contributed by atoms with Crippen molar-refractivity contribution in [3.05, 3.63) is 12.7 Å².